The minimum atomic E-state index is 0.651. The molecule has 2 aliphatic carbocycles. The van der Waals surface area contributed by atoms with E-state index in [9.17, 15) is 11.1 Å². The maximum Gasteiger partial charge on any atom is 0.383 e. The minimum absolute atomic E-state index is 0.651. The highest BCUT2D eigenvalue weighted by Crippen LogP contribution is 2.33. The molecule has 2 fully saturated rings. The smallest absolute Gasteiger partial charge is 0.359 e. The second-order valence-electron chi connectivity index (χ2n) is 7.60. The van der Waals surface area contributed by atoms with E-state index in [2.05, 4.69) is 9.58 Å². The van der Waals surface area contributed by atoms with Crippen LogP contribution in [0.2, 0.25) is 0 Å². The van der Waals surface area contributed by atoms with E-state index >= 15 is 0 Å². The lowest BCUT2D eigenvalue weighted by Gasteiger charge is -2.18. The molecule has 2 saturated carbocycles. The molecule has 0 radical (unpaired) electrons. The first kappa shape index (κ1) is 24.4. The number of hydrogen-bond acceptors (Lipinski definition) is 4. The Morgan fingerprint density at radius 2 is 1.00 bits per heavy atom. The molecule has 0 aromatic rings. The lowest BCUT2D eigenvalue weighted by Crippen LogP contribution is -2.10. The van der Waals surface area contributed by atoms with Crippen LogP contribution in [0.15, 0.2) is 0 Å². The van der Waals surface area contributed by atoms with Gasteiger partial charge in [-0.1, -0.05) is 51.4 Å². The molecule has 0 aromatic carbocycles. The third-order valence-corrected chi connectivity index (χ3v) is 10.4. The normalized spacial score (nSPS) is 18.4. The molecule has 0 N–H and O–H groups in total. The Morgan fingerprint density at radius 1 is 0.607 bits per heavy atom. The van der Waals surface area contributed by atoms with Gasteiger partial charge in [-0.2, -0.15) is 9.58 Å². The number of rotatable bonds is 9. The largest absolute Gasteiger partial charge is 0.383 e. The van der Waals surface area contributed by atoms with Crippen molar-refractivity contribution in [2.75, 3.05) is 11.5 Å². The average molecular weight is 459 g/mol. The van der Waals surface area contributed by atoms with Crippen molar-refractivity contribution in [3.05, 3.63) is 11.1 Å². The summed E-state index contributed by atoms with van der Waals surface area (Å²) < 4.78 is 1.71. The third kappa shape index (κ3) is 10.8. The molecule has 8 heteroatoms. The summed E-state index contributed by atoms with van der Waals surface area (Å²) in [5, 5.41) is 1.30. The van der Waals surface area contributed by atoms with Gasteiger partial charge in [0.1, 0.15) is 0 Å². The monoisotopic (exact) mass is 458 g/mol. The van der Waals surface area contributed by atoms with E-state index in [0.717, 1.165) is 33.1 Å². The zero-order valence-corrected chi connectivity index (χ0v) is 20.2. The molecule has 0 bridgehead atoms. The molecule has 0 unspecified atom stereocenters. The number of nitrogens with zero attached hydrogens (tertiary/aromatic N) is 4. The maximum atomic E-state index is 9.23. The van der Waals surface area contributed by atoms with Gasteiger partial charge in [0.2, 0.25) is 0 Å². The van der Waals surface area contributed by atoms with Crippen molar-refractivity contribution in [1.82, 2.24) is 0 Å². The SMILES string of the molecule is [N-]=[N+]=C(SCCCCCCSC(=[N+]=[N-])SC1CCCCC1)SC1CCCCC1. The first-order chi connectivity index (χ1) is 13.8. The molecule has 4 nitrogen and oxygen atoms in total. The van der Waals surface area contributed by atoms with E-state index in [-0.39, 0.29) is 0 Å². The molecule has 158 valence electrons. The number of hydrogen-bond donors (Lipinski definition) is 0. The first-order valence-electron chi connectivity index (χ1n) is 10.8. The second kappa shape index (κ2) is 15.9. The van der Waals surface area contributed by atoms with Gasteiger partial charge in [-0.25, -0.2) is 0 Å². The molecule has 0 amide bonds. The summed E-state index contributed by atoms with van der Waals surface area (Å²) in [6.07, 6.45) is 17.8. The van der Waals surface area contributed by atoms with E-state index < -0.39 is 0 Å². The summed E-state index contributed by atoms with van der Waals surface area (Å²) in [6, 6.07) is 0. The summed E-state index contributed by atoms with van der Waals surface area (Å²) in [7, 11) is 0. The maximum absolute atomic E-state index is 9.23. The summed E-state index contributed by atoms with van der Waals surface area (Å²) >= 11 is 6.97. The quantitative estimate of drug-likeness (QED) is 0.119. The average Bonchev–Trinajstić information content (AvgIpc) is 2.75. The van der Waals surface area contributed by atoms with Crippen molar-refractivity contribution in [3.63, 3.8) is 0 Å². The summed E-state index contributed by atoms with van der Waals surface area (Å²) in [5.74, 6) is 2.07. The molecule has 2 rings (SSSR count). The summed E-state index contributed by atoms with van der Waals surface area (Å²) in [4.78, 5) is 7.01. The van der Waals surface area contributed by atoms with Gasteiger partial charge in [0, 0.05) is 22.0 Å². The molecule has 0 heterocycles. The van der Waals surface area contributed by atoms with Gasteiger partial charge in [0.25, 0.3) is 0 Å². The van der Waals surface area contributed by atoms with Gasteiger partial charge < -0.3 is 11.1 Å². The van der Waals surface area contributed by atoms with Crippen LogP contribution in [0, 0.1) is 0 Å². The molecular weight excluding hydrogens is 425 g/mol. The van der Waals surface area contributed by atoms with Crippen LogP contribution in [-0.4, -0.2) is 40.3 Å². The molecule has 0 aliphatic heterocycles. The Morgan fingerprint density at radius 3 is 1.36 bits per heavy atom. The van der Waals surface area contributed by atoms with Gasteiger partial charge in [-0.05, 0) is 85.6 Å². The van der Waals surface area contributed by atoms with Gasteiger partial charge in [0.05, 0.1) is 0 Å². The molecule has 0 saturated heterocycles. The highest BCUT2D eigenvalue weighted by atomic mass is 32.2. The van der Waals surface area contributed by atoms with Gasteiger partial charge in [0.15, 0.2) is 0 Å². The number of unbranched alkanes of at least 4 members (excludes halogenated alkanes) is 3. The van der Waals surface area contributed by atoms with Crippen molar-refractivity contribution in [3.8, 4) is 0 Å². The highest BCUT2D eigenvalue weighted by molar-refractivity contribution is 8.39. The summed E-state index contributed by atoms with van der Waals surface area (Å²) in [5.41, 5.74) is 18.5. The standard InChI is InChI=1S/C20H34N4S4/c21-23-19(27-17-11-5-3-6-12-17)25-15-9-1-2-10-16-26-20(24-22)28-18-13-7-4-8-14-18/h17-18H,1-16H2. The first-order valence-corrected chi connectivity index (χ1v) is 14.6. The molecular formula is C20H34N4S4. The predicted molar refractivity (Wildman–Crippen MR) is 130 cm³/mol. The zero-order chi connectivity index (χ0) is 19.9. The van der Waals surface area contributed by atoms with Crippen LogP contribution in [-0.2, 0) is 0 Å². The van der Waals surface area contributed by atoms with Crippen LogP contribution < -0.4 is 0 Å². The van der Waals surface area contributed by atoms with Crippen LogP contribution in [0.4, 0.5) is 0 Å². The Hall–Kier alpha value is 0.160. The van der Waals surface area contributed by atoms with Crippen LogP contribution in [0.3, 0.4) is 0 Å². The topological polar surface area (TPSA) is 72.8 Å². The second-order valence-corrected chi connectivity index (χ2v) is 12.9. The van der Waals surface area contributed by atoms with Gasteiger partial charge in [-0.3, -0.25) is 0 Å². The lowest BCUT2D eigenvalue weighted by molar-refractivity contribution is 0.00503. The Labute approximate surface area is 187 Å². The zero-order valence-electron chi connectivity index (χ0n) is 16.9. The van der Waals surface area contributed by atoms with E-state index in [4.69, 9.17) is 0 Å². The fourth-order valence-electron chi connectivity index (χ4n) is 3.70. The molecule has 0 aromatic heterocycles. The minimum Gasteiger partial charge on any atom is -0.359 e. The molecule has 28 heavy (non-hydrogen) atoms. The highest BCUT2D eigenvalue weighted by Gasteiger charge is 2.22. The molecule has 2 aliphatic rings. The Bertz CT molecular complexity index is 484. The fraction of sp³-hybridized carbons (Fsp3) is 0.900. The van der Waals surface area contributed by atoms with Crippen molar-refractivity contribution in [2.24, 2.45) is 0 Å². The molecule has 0 atom stereocenters. The van der Waals surface area contributed by atoms with Crippen molar-refractivity contribution >= 4 is 55.8 Å². The van der Waals surface area contributed by atoms with Crippen LogP contribution in [0.25, 0.3) is 11.1 Å². The summed E-state index contributed by atoms with van der Waals surface area (Å²) in [6.45, 7) is 0. The van der Waals surface area contributed by atoms with E-state index in [1.165, 1.54) is 77.0 Å². The predicted octanol–water partition coefficient (Wildman–Crippen LogP) is 7.32. The van der Waals surface area contributed by atoms with Crippen LogP contribution >= 0.6 is 47.0 Å². The van der Waals surface area contributed by atoms with Crippen molar-refractivity contribution in [2.45, 2.75) is 100 Å². The van der Waals surface area contributed by atoms with E-state index in [0.29, 0.717) is 10.5 Å². The van der Waals surface area contributed by atoms with Crippen LogP contribution in [0.5, 0.6) is 0 Å². The van der Waals surface area contributed by atoms with E-state index in [1.807, 2.05) is 0 Å². The number of thioether (sulfide) groups is 4. The molecule has 0 spiro atoms. The van der Waals surface area contributed by atoms with Gasteiger partial charge in [-0.15, -0.1) is 0 Å². The van der Waals surface area contributed by atoms with Crippen molar-refractivity contribution < 1.29 is 9.58 Å². The van der Waals surface area contributed by atoms with Gasteiger partial charge >= 0.3 is 8.75 Å². The third-order valence-electron chi connectivity index (χ3n) is 5.29. The van der Waals surface area contributed by atoms with E-state index in [1.54, 1.807) is 47.0 Å². The Kier molecular flexibility index (Phi) is 13.9. The lowest BCUT2D eigenvalue weighted by atomic mass is 10.0. The van der Waals surface area contributed by atoms with Crippen LogP contribution in [0.1, 0.15) is 89.9 Å². The van der Waals surface area contributed by atoms with Crippen molar-refractivity contribution in [1.29, 1.82) is 0 Å². The fourth-order valence-corrected chi connectivity index (χ4v) is 8.53. The Balaban J connectivity index is 1.46.